The van der Waals surface area contributed by atoms with Crippen molar-refractivity contribution in [3.05, 3.63) is 36.4 Å². The quantitative estimate of drug-likeness (QED) is 0.611. The van der Waals surface area contributed by atoms with E-state index in [2.05, 4.69) is 6.58 Å². The van der Waals surface area contributed by atoms with Gasteiger partial charge in [0.1, 0.15) is 6.61 Å². The molecule has 0 saturated heterocycles. The first-order valence-electron chi connectivity index (χ1n) is 4.32. The van der Waals surface area contributed by atoms with Gasteiger partial charge in [0, 0.05) is 0 Å². The number of hydrogen-bond acceptors (Lipinski definition) is 2. The van der Waals surface area contributed by atoms with Gasteiger partial charge in [-0.05, 0) is 30.7 Å². The van der Waals surface area contributed by atoms with Crippen LogP contribution < -0.4 is 9.47 Å². The van der Waals surface area contributed by atoms with Crippen LogP contribution >= 0.6 is 0 Å². The maximum Gasteiger partial charge on any atom is 0.162 e. The minimum atomic E-state index is -0.0183. The molecule has 1 unspecified atom stereocenters. The fraction of sp³-hybridized carbons (Fsp3) is 0.273. The van der Waals surface area contributed by atoms with Gasteiger partial charge in [0.2, 0.25) is 0 Å². The van der Waals surface area contributed by atoms with Gasteiger partial charge in [-0.25, -0.2) is 0 Å². The first kappa shape index (κ1) is 8.17. The lowest BCUT2D eigenvalue weighted by Gasteiger charge is -2.24. The lowest BCUT2D eigenvalue weighted by molar-refractivity contribution is 0.123. The molecule has 2 rings (SSSR count). The molecule has 1 aromatic carbocycles. The van der Waals surface area contributed by atoms with Crippen molar-refractivity contribution in [3.8, 4) is 11.5 Å². The van der Waals surface area contributed by atoms with E-state index in [1.54, 1.807) is 6.08 Å². The van der Waals surface area contributed by atoms with Crippen LogP contribution in [0.15, 0.2) is 30.9 Å². The Morgan fingerprint density at radius 1 is 1.46 bits per heavy atom. The fourth-order valence-corrected chi connectivity index (χ4v) is 1.31. The molecule has 68 valence electrons. The van der Waals surface area contributed by atoms with Crippen LogP contribution in [-0.2, 0) is 0 Å². The zero-order valence-corrected chi connectivity index (χ0v) is 7.62. The normalized spacial score (nSPS) is 19.6. The van der Waals surface area contributed by atoms with Gasteiger partial charge in [0.25, 0.3) is 0 Å². The Kier molecular flexibility index (Phi) is 1.97. The molecule has 2 nitrogen and oxygen atoms in total. The van der Waals surface area contributed by atoms with E-state index in [1.807, 2.05) is 25.1 Å². The van der Waals surface area contributed by atoms with Crippen LogP contribution in [0.5, 0.6) is 11.5 Å². The van der Waals surface area contributed by atoms with Crippen LogP contribution in [0.25, 0.3) is 0 Å². The summed E-state index contributed by atoms with van der Waals surface area (Å²) >= 11 is 0. The second-order valence-corrected chi connectivity index (χ2v) is 3.15. The monoisotopic (exact) mass is 176 g/mol. The van der Waals surface area contributed by atoms with Crippen molar-refractivity contribution in [2.24, 2.45) is 0 Å². The van der Waals surface area contributed by atoms with E-state index in [9.17, 15) is 0 Å². The molecule has 13 heavy (non-hydrogen) atoms. The summed E-state index contributed by atoms with van der Waals surface area (Å²) in [4.78, 5) is 0. The fourth-order valence-electron chi connectivity index (χ4n) is 1.31. The smallest absolute Gasteiger partial charge is 0.162 e. The topological polar surface area (TPSA) is 18.5 Å². The largest absolute Gasteiger partial charge is 0.485 e. The van der Waals surface area contributed by atoms with Crippen LogP contribution in [0.3, 0.4) is 0 Å². The average molecular weight is 176 g/mol. The van der Waals surface area contributed by atoms with Crippen LogP contribution in [0.1, 0.15) is 5.56 Å². The Morgan fingerprint density at radius 2 is 2.31 bits per heavy atom. The van der Waals surface area contributed by atoms with Crippen molar-refractivity contribution >= 4 is 0 Å². The summed E-state index contributed by atoms with van der Waals surface area (Å²) in [5, 5.41) is 0. The van der Waals surface area contributed by atoms with Crippen LogP contribution in [0.4, 0.5) is 0 Å². The summed E-state index contributed by atoms with van der Waals surface area (Å²) in [5.74, 6) is 1.64. The second kappa shape index (κ2) is 3.13. The predicted octanol–water partition coefficient (Wildman–Crippen LogP) is 2.32. The highest BCUT2D eigenvalue weighted by Crippen LogP contribution is 2.32. The van der Waals surface area contributed by atoms with Gasteiger partial charge >= 0.3 is 0 Å². The van der Waals surface area contributed by atoms with Crippen LogP contribution in [-0.4, -0.2) is 12.7 Å². The van der Waals surface area contributed by atoms with E-state index in [0.717, 1.165) is 11.5 Å². The molecule has 0 N–H and O–H groups in total. The van der Waals surface area contributed by atoms with Gasteiger partial charge < -0.3 is 9.47 Å². The van der Waals surface area contributed by atoms with Gasteiger partial charge in [-0.2, -0.15) is 0 Å². The van der Waals surface area contributed by atoms with Crippen molar-refractivity contribution in [2.75, 3.05) is 6.61 Å². The Bertz CT molecular complexity index is 331. The molecule has 2 heteroatoms. The van der Waals surface area contributed by atoms with E-state index < -0.39 is 0 Å². The molecule has 0 aromatic heterocycles. The van der Waals surface area contributed by atoms with Crippen molar-refractivity contribution < 1.29 is 9.47 Å². The van der Waals surface area contributed by atoms with Gasteiger partial charge in [-0.1, -0.05) is 12.6 Å². The zero-order valence-electron chi connectivity index (χ0n) is 7.62. The summed E-state index contributed by atoms with van der Waals surface area (Å²) in [7, 11) is 0. The Labute approximate surface area is 77.8 Å². The number of aryl methyl sites for hydroxylation is 1. The van der Waals surface area contributed by atoms with Crippen LogP contribution in [0, 0.1) is 6.92 Å². The molecule has 0 amide bonds. The van der Waals surface area contributed by atoms with E-state index in [1.165, 1.54) is 5.56 Å². The zero-order chi connectivity index (χ0) is 9.26. The van der Waals surface area contributed by atoms with Gasteiger partial charge in [0.15, 0.2) is 17.6 Å². The molecular weight excluding hydrogens is 164 g/mol. The van der Waals surface area contributed by atoms with Gasteiger partial charge in [0.05, 0.1) is 0 Å². The maximum atomic E-state index is 5.59. The number of hydrogen-bond donors (Lipinski definition) is 0. The van der Waals surface area contributed by atoms with Crippen molar-refractivity contribution in [1.82, 2.24) is 0 Å². The molecule has 0 aliphatic carbocycles. The van der Waals surface area contributed by atoms with Crippen molar-refractivity contribution in [3.63, 3.8) is 0 Å². The highest BCUT2D eigenvalue weighted by molar-refractivity contribution is 5.43. The van der Waals surface area contributed by atoms with Gasteiger partial charge in [-0.15, -0.1) is 0 Å². The predicted molar refractivity (Wildman–Crippen MR) is 51.3 cm³/mol. The first-order chi connectivity index (χ1) is 6.29. The molecule has 0 saturated carbocycles. The summed E-state index contributed by atoms with van der Waals surface area (Å²) in [6.07, 6.45) is 1.73. The summed E-state index contributed by atoms with van der Waals surface area (Å²) in [6, 6.07) is 5.92. The molecular formula is C11H12O2. The first-order valence-corrected chi connectivity index (χ1v) is 4.32. The Morgan fingerprint density at radius 3 is 3.08 bits per heavy atom. The molecule has 0 fully saturated rings. The molecule has 0 radical (unpaired) electrons. The molecule has 1 aromatic rings. The minimum Gasteiger partial charge on any atom is -0.485 e. The highest BCUT2D eigenvalue weighted by Gasteiger charge is 2.17. The molecule has 1 aliphatic heterocycles. The van der Waals surface area contributed by atoms with E-state index in [4.69, 9.17) is 9.47 Å². The number of fused-ring (bicyclic) bond motifs is 1. The third-order valence-corrected chi connectivity index (χ3v) is 2.04. The summed E-state index contributed by atoms with van der Waals surface area (Å²) in [5.41, 5.74) is 1.18. The highest BCUT2D eigenvalue weighted by atomic mass is 16.6. The summed E-state index contributed by atoms with van der Waals surface area (Å²) < 4.78 is 11.1. The van der Waals surface area contributed by atoms with E-state index in [0.29, 0.717) is 6.61 Å². The maximum absolute atomic E-state index is 5.59. The lowest BCUT2D eigenvalue weighted by atomic mass is 10.2. The van der Waals surface area contributed by atoms with E-state index >= 15 is 0 Å². The van der Waals surface area contributed by atoms with Crippen molar-refractivity contribution in [1.29, 1.82) is 0 Å². The summed E-state index contributed by atoms with van der Waals surface area (Å²) in [6.45, 7) is 6.26. The number of rotatable bonds is 1. The Balaban J connectivity index is 2.31. The molecule has 1 heterocycles. The lowest BCUT2D eigenvalue weighted by Crippen LogP contribution is -2.26. The molecule has 0 bridgehead atoms. The minimum absolute atomic E-state index is 0.0183. The molecule has 0 spiro atoms. The average Bonchev–Trinajstić information content (AvgIpc) is 2.17. The SMILES string of the molecule is C=CC1COc2cc(C)ccc2O1. The third-order valence-electron chi connectivity index (χ3n) is 2.04. The Hall–Kier alpha value is -1.44. The van der Waals surface area contributed by atoms with Crippen molar-refractivity contribution in [2.45, 2.75) is 13.0 Å². The standard InChI is InChI=1S/C11H12O2/c1-3-9-7-12-11-6-8(2)4-5-10(11)13-9/h3-6,9H,1,7H2,2H3. The molecule has 1 atom stereocenters. The molecule has 1 aliphatic rings. The number of ether oxygens (including phenoxy) is 2. The third kappa shape index (κ3) is 1.52. The van der Waals surface area contributed by atoms with E-state index in [-0.39, 0.29) is 6.10 Å². The van der Waals surface area contributed by atoms with Gasteiger partial charge in [-0.3, -0.25) is 0 Å². The van der Waals surface area contributed by atoms with Crippen LogP contribution in [0.2, 0.25) is 0 Å². The number of benzene rings is 1. The second-order valence-electron chi connectivity index (χ2n) is 3.15.